The molecule has 3 rings (SSSR count). The van der Waals surface area contributed by atoms with Crippen molar-refractivity contribution in [1.29, 1.82) is 0 Å². The number of benzene rings is 2. The van der Waals surface area contributed by atoms with Gasteiger partial charge in [0, 0.05) is 38.4 Å². The van der Waals surface area contributed by atoms with Crippen molar-refractivity contribution >= 4 is 17.6 Å². The van der Waals surface area contributed by atoms with Crippen molar-refractivity contribution in [1.82, 2.24) is 15.5 Å². The van der Waals surface area contributed by atoms with E-state index in [4.69, 9.17) is 0 Å². The number of hydrogen-bond acceptors (Lipinski definition) is 3. The van der Waals surface area contributed by atoms with Crippen LogP contribution in [0.1, 0.15) is 30.9 Å². The number of amides is 3. The summed E-state index contributed by atoms with van der Waals surface area (Å²) in [4.78, 5) is 29.5. The van der Waals surface area contributed by atoms with Crippen LogP contribution in [0.4, 0.5) is 14.9 Å². The molecular formula is C24H31FN4O2. The van der Waals surface area contributed by atoms with Crippen LogP contribution in [0.3, 0.4) is 0 Å². The molecule has 0 bridgehead atoms. The van der Waals surface area contributed by atoms with Crippen LogP contribution in [0, 0.1) is 12.7 Å². The molecule has 6 nitrogen and oxygen atoms in total. The standard InChI is InChI=1S/C24H31FN4O2/c1-3-5-22(27-24(31)26-17-19-8-10-20(25)11-9-19)23(30)29-14-12-28(13-15-29)21-7-4-6-18(2)16-21/h4,6-11,16,22H,3,5,12-15,17H2,1-2H3,(H2,26,27,31)/t22-/m1/s1. The van der Waals surface area contributed by atoms with Crippen LogP contribution in [-0.4, -0.2) is 49.1 Å². The normalized spacial score (nSPS) is 14.8. The number of nitrogens with zero attached hydrogens (tertiary/aromatic N) is 2. The van der Waals surface area contributed by atoms with Crippen molar-refractivity contribution in [2.45, 2.75) is 39.3 Å². The topological polar surface area (TPSA) is 64.7 Å². The van der Waals surface area contributed by atoms with Crippen LogP contribution < -0.4 is 15.5 Å². The van der Waals surface area contributed by atoms with Gasteiger partial charge in [-0.05, 0) is 48.7 Å². The van der Waals surface area contributed by atoms with Crippen molar-refractivity contribution in [2.24, 2.45) is 0 Å². The lowest BCUT2D eigenvalue weighted by Gasteiger charge is -2.37. The van der Waals surface area contributed by atoms with Gasteiger partial charge in [-0.3, -0.25) is 4.79 Å². The van der Waals surface area contributed by atoms with E-state index in [1.807, 2.05) is 17.9 Å². The van der Waals surface area contributed by atoms with Crippen molar-refractivity contribution in [3.05, 3.63) is 65.5 Å². The van der Waals surface area contributed by atoms with E-state index in [9.17, 15) is 14.0 Å². The van der Waals surface area contributed by atoms with Crippen LogP contribution in [0.25, 0.3) is 0 Å². The number of carbonyl (C=O) groups is 2. The SMILES string of the molecule is CCC[C@@H](NC(=O)NCc1ccc(F)cc1)C(=O)N1CCN(c2cccc(C)c2)CC1. The summed E-state index contributed by atoms with van der Waals surface area (Å²) in [5.41, 5.74) is 3.19. The molecule has 0 saturated carbocycles. The molecule has 0 aromatic heterocycles. The maximum Gasteiger partial charge on any atom is 0.315 e. The van der Waals surface area contributed by atoms with Gasteiger partial charge in [-0.2, -0.15) is 0 Å². The third-order valence-corrected chi connectivity index (χ3v) is 5.51. The van der Waals surface area contributed by atoms with Crippen LogP contribution in [-0.2, 0) is 11.3 Å². The van der Waals surface area contributed by atoms with Crippen LogP contribution in [0.15, 0.2) is 48.5 Å². The Labute approximate surface area is 183 Å². The lowest BCUT2D eigenvalue weighted by Crippen LogP contribution is -2.56. The van der Waals surface area contributed by atoms with Gasteiger partial charge in [0.15, 0.2) is 0 Å². The molecule has 3 amide bonds. The first kappa shape index (κ1) is 22.6. The van der Waals surface area contributed by atoms with E-state index in [2.05, 4.69) is 40.7 Å². The average molecular weight is 427 g/mol. The Morgan fingerprint density at radius 2 is 1.77 bits per heavy atom. The maximum atomic E-state index is 13.1. The van der Waals surface area contributed by atoms with E-state index >= 15 is 0 Å². The molecule has 0 spiro atoms. The molecule has 166 valence electrons. The van der Waals surface area contributed by atoms with E-state index in [0.717, 1.165) is 25.1 Å². The number of piperazine rings is 1. The minimum absolute atomic E-state index is 0.0392. The van der Waals surface area contributed by atoms with E-state index in [-0.39, 0.29) is 18.3 Å². The highest BCUT2D eigenvalue weighted by molar-refractivity contribution is 5.87. The molecule has 1 atom stereocenters. The van der Waals surface area contributed by atoms with Crippen molar-refractivity contribution in [3.63, 3.8) is 0 Å². The maximum absolute atomic E-state index is 13.1. The molecule has 0 unspecified atom stereocenters. The zero-order valence-corrected chi connectivity index (χ0v) is 18.2. The molecule has 2 aromatic rings. The third kappa shape index (κ3) is 6.44. The second-order valence-corrected chi connectivity index (χ2v) is 7.95. The van der Waals surface area contributed by atoms with Gasteiger partial charge in [-0.25, -0.2) is 9.18 Å². The Bertz CT molecular complexity index is 879. The quantitative estimate of drug-likeness (QED) is 0.713. The molecule has 1 heterocycles. The highest BCUT2D eigenvalue weighted by Crippen LogP contribution is 2.18. The van der Waals surface area contributed by atoms with Crippen LogP contribution in [0.5, 0.6) is 0 Å². The monoisotopic (exact) mass is 426 g/mol. The molecule has 1 saturated heterocycles. The van der Waals surface area contributed by atoms with Crippen LogP contribution >= 0.6 is 0 Å². The van der Waals surface area contributed by atoms with Gasteiger partial charge < -0.3 is 20.4 Å². The fourth-order valence-electron chi connectivity index (χ4n) is 3.77. The third-order valence-electron chi connectivity index (χ3n) is 5.51. The number of nitrogens with one attached hydrogen (secondary N) is 2. The number of rotatable bonds is 7. The summed E-state index contributed by atoms with van der Waals surface area (Å²) in [5.74, 6) is -0.355. The molecule has 0 radical (unpaired) electrons. The molecule has 1 aliphatic heterocycles. The van der Waals surface area contributed by atoms with Gasteiger partial charge >= 0.3 is 6.03 Å². The fourth-order valence-corrected chi connectivity index (χ4v) is 3.77. The smallest absolute Gasteiger partial charge is 0.315 e. The fraction of sp³-hybridized carbons (Fsp3) is 0.417. The minimum atomic E-state index is -0.552. The molecule has 31 heavy (non-hydrogen) atoms. The van der Waals surface area contributed by atoms with Crippen LogP contribution in [0.2, 0.25) is 0 Å². The second-order valence-electron chi connectivity index (χ2n) is 7.95. The van der Waals surface area contributed by atoms with Gasteiger partial charge in [-0.15, -0.1) is 0 Å². The van der Waals surface area contributed by atoms with Gasteiger partial charge in [-0.1, -0.05) is 37.6 Å². The summed E-state index contributed by atoms with van der Waals surface area (Å²) in [7, 11) is 0. The predicted molar refractivity (Wildman–Crippen MR) is 120 cm³/mol. The van der Waals surface area contributed by atoms with Gasteiger partial charge in [0.05, 0.1) is 0 Å². The number of aryl methyl sites for hydroxylation is 1. The number of urea groups is 1. The number of hydrogen-bond donors (Lipinski definition) is 2. The first-order valence-electron chi connectivity index (χ1n) is 10.9. The van der Waals surface area contributed by atoms with Gasteiger partial charge in [0.1, 0.15) is 11.9 Å². The lowest BCUT2D eigenvalue weighted by molar-refractivity contribution is -0.133. The zero-order valence-electron chi connectivity index (χ0n) is 18.2. The summed E-state index contributed by atoms with van der Waals surface area (Å²) in [6.45, 7) is 7.14. The first-order valence-corrected chi connectivity index (χ1v) is 10.9. The summed E-state index contributed by atoms with van der Waals surface area (Å²) >= 11 is 0. The number of carbonyl (C=O) groups excluding carboxylic acids is 2. The van der Waals surface area contributed by atoms with Gasteiger partial charge in [0.2, 0.25) is 5.91 Å². The van der Waals surface area contributed by atoms with Crippen molar-refractivity contribution < 1.29 is 14.0 Å². The molecule has 0 aliphatic carbocycles. The number of halogens is 1. The highest BCUT2D eigenvalue weighted by Gasteiger charge is 2.28. The Balaban J connectivity index is 1.51. The van der Waals surface area contributed by atoms with Gasteiger partial charge in [0.25, 0.3) is 0 Å². The summed E-state index contributed by atoms with van der Waals surface area (Å²) < 4.78 is 13.0. The summed E-state index contributed by atoms with van der Waals surface area (Å²) in [5, 5.41) is 5.57. The highest BCUT2D eigenvalue weighted by atomic mass is 19.1. The summed E-state index contributed by atoms with van der Waals surface area (Å²) in [6.07, 6.45) is 1.37. The molecule has 1 fully saturated rings. The van der Waals surface area contributed by atoms with E-state index in [1.54, 1.807) is 12.1 Å². The average Bonchev–Trinajstić information content (AvgIpc) is 2.78. The minimum Gasteiger partial charge on any atom is -0.368 e. The molecule has 2 aromatic carbocycles. The predicted octanol–water partition coefficient (Wildman–Crippen LogP) is 3.45. The largest absolute Gasteiger partial charge is 0.368 e. The molecule has 1 aliphatic rings. The lowest BCUT2D eigenvalue weighted by atomic mass is 10.1. The molecule has 2 N–H and O–H groups in total. The zero-order chi connectivity index (χ0) is 22.2. The Kier molecular flexibility index (Phi) is 7.87. The van der Waals surface area contributed by atoms with Crippen molar-refractivity contribution in [2.75, 3.05) is 31.1 Å². The van der Waals surface area contributed by atoms with E-state index in [1.165, 1.54) is 23.4 Å². The molecule has 7 heteroatoms. The Hall–Kier alpha value is -3.09. The van der Waals surface area contributed by atoms with E-state index < -0.39 is 12.1 Å². The first-order chi connectivity index (χ1) is 15.0. The Morgan fingerprint density at radius 1 is 1.06 bits per heavy atom. The second kappa shape index (κ2) is 10.8. The van der Waals surface area contributed by atoms with Crippen molar-refractivity contribution in [3.8, 4) is 0 Å². The Morgan fingerprint density at radius 3 is 2.42 bits per heavy atom. The number of anilines is 1. The summed E-state index contributed by atoms with van der Waals surface area (Å²) in [6, 6.07) is 13.4. The van der Waals surface area contributed by atoms with E-state index in [0.29, 0.717) is 19.5 Å². The molecular weight excluding hydrogens is 395 g/mol.